The Bertz CT molecular complexity index is 1830. The van der Waals surface area contributed by atoms with Gasteiger partial charge in [0, 0.05) is 44.0 Å². The number of carbonyl (C=O) groups excluding carboxylic acids is 1. The lowest BCUT2D eigenvalue weighted by molar-refractivity contribution is 0.162. The van der Waals surface area contributed by atoms with Gasteiger partial charge in [0.1, 0.15) is 30.7 Å². The van der Waals surface area contributed by atoms with Gasteiger partial charge < -0.3 is 34.5 Å². The summed E-state index contributed by atoms with van der Waals surface area (Å²) in [6, 6.07) is 10.8. The Morgan fingerprint density at radius 3 is 2.48 bits per heavy atom. The van der Waals surface area contributed by atoms with Gasteiger partial charge >= 0.3 is 6.03 Å². The van der Waals surface area contributed by atoms with Crippen LogP contribution in [0.2, 0.25) is 0 Å². The molecule has 3 heterocycles. The molecule has 1 fully saturated rings. The molecule has 2 N–H and O–H groups in total. The highest BCUT2D eigenvalue weighted by molar-refractivity contribution is 7.91. The number of nitrogens with one attached hydrogen (secondary N) is 2. The van der Waals surface area contributed by atoms with Crippen LogP contribution in [-0.2, 0) is 16.4 Å². The number of ether oxygens (including phenoxy) is 4. The topological polar surface area (TPSA) is 141 Å². The van der Waals surface area contributed by atoms with Gasteiger partial charge in [-0.15, -0.1) is 0 Å². The predicted octanol–water partition coefficient (Wildman–Crippen LogP) is 4.29. The normalized spacial score (nSPS) is 15.7. The molecular weight excluding hydrogens is 624 g/mol. The highest BCUT2D eigenvalue weighted by Gasteiger charge is 2.26. The van der Waals surface area contributed by atoms with E-state index in [2.05, 4.69) is 25.5 Å². The molecule has 0 radical (unpaired) electrons. The van der Waals surface area contributed by atoms with Gasteiger partial charge in [0.05, 0.1) is 23.6 Å². The number of hydrogen-bond donors (Lipinski definition) is 2. The number of halogens is 2. The van der Waals surface area contributed by atoms with Crippen LogP contribution < -0.4 is 29.6 Å². The lowest BCUT2D eigenvalue weighted by atomic mass is 10.1. The van der Waals surface area contributed by atoms with E-state index < -0.39 is 21.7 Å². The summed E-state index contributed by atoms with van der Waals surface area (Å²) in [5, 5.41) is 5.55. The molecule has 3 aromatic carbocycles. The fourth-order valence-corrected chi connectivity index (χ4v) is 6.31. The first-order valence-corrected chi connectivity index (χ1v) is 16.5. The van der Waals surface area contributed by atoms with Crippen LogP contribution in [0.3, 0.4) is 0 Å². The van der Waals surface area contributed by atoms with Crippen LogP contribution in [0.15, 0.2) is 54.9 Å². The number of aromatic nitrogens is 2. The Labute approximate surface area is 263 Å². The van der Waals surface area contributed by atoms with E-state index in [0.29, 0.717) is 73.0 Å². The molecule has 2 amide bonds. The van der Waals surface area contributed by atoms with Crippen molar-refractivity contribution in [3.8, 4) is 28.9 Å². The molecule has 0 bridgehead atoms. The molecule has 1 aromatic heterocycles. The largest absolute Gasteiger partial charge is 0.489 e. The molecule has 0 aliphatic carbocycles. The third-order valence-electron chi connectivity index (χ3n) is 7.42. The number of urea groups is 1. The van der Waals surface area contributed by atoms with Gasteiger partial charge in [-0.2, -0.15) is 0 Å². The lowest BCUT2D eigenvalue weighted by Crippen LogP contribution is -2.40. The van der Waals surface area contributed by atoms with Crippen molar-refractivity contribution < 1.29 is 40.9 Å². The maximum Gasteiger partial charge on any atom is 0.319 e. The molecule has 242 valence electrons. The Kier molecular flexibility index (Phi) is 9.30. The zero-order valence-corrected chi connectivity index (χ0v) is 25.4. The van der Waals surface area contributed by atoms with Crippen molar-refractivity contribution in [3.05, 3.63) is 72.1 Å². The number of fused-ring (bicyclic) bond motifs is 3. The van der Waals surface area contributed by atoms with E-state index in [0.717, 1.165) is 6.07 Å². The fraction of sp³-hybridized carbons (Fsp3) is 0.323. The van der Waals surface area contributed by atoms with Gasteiger partial charge in [0.2, 0.25) is 11.6 Å². The van der Waals surface area contributed by atoms with Crippen molar-refractivity contribution in [2.24, 2.45) is 0 Å². The summed E-state index contributed by atoms with van der Waals surface area (Å²) in [7, 11) is -2.94. The number of anilines is 1. The van der Waals surface area contributed by atoms with Gasteiger partial charge in [-0.3, -0.25) is 0 Å². The van der Waals surface area contributed by atoms with E-state index in [9.17, 15) is 17.6 Å². The second-order valence-electron chi connectivity index (χ2n) is 10.7. The molecule has 0 spiro atoms. The molecular formula is C31H31F2N5O7S. The average Bonchev–Trinajstić information content (AvgIpc) is 3.04. The van der Waals surface area contributed by atoms with Crippen LogP contribution in [0.25, 0.3) is 10.9 Å². The smallest absolute Gasteiger partial charge is 0.319 e. The van der Waals surface area contributed by atoms with Crippen molar-refractivity contribution in [2.45, 2.75) is 13.0 Å². The Balaban J connectivity index is 1.12. The number of amides is 2. The average molecular weight is 656 g/mol. The molecule has 0 atom stereocenters. The first-order chi connectivity index (χ1) is 22.2. The van der Waals surface area contributed by atoms with E-state index in [1.54, 1.807) is 18.2 Å². The minimum atomic E-state index is -2.94. The van der Waals surface area contributed by atoms with Crippen LogP contribution in [0.5, 0.6) is 28.9 Å². The molecule has 2 aliphatic heterocycles. The zero-order chi connectivity index (χ0) is 32.1. The summed E-state index contributed by atoms with van der Waals surface area (Å²) >= 11 is 0. The third kappa shape index (κ3) is 7.54. The number of hydrogen-bond acceptors (Lipinski definition) is 10. The maximum absolute atomic E-state index is 15.1. The predicted molar refractivity (Wildman–Crippen MR) is 164 cm³/mol. The van der Waals surface area contributed by atoms with Crippen LogP contribution in [0.4, 0.5) is 19.3 Å². The second-order valence-corrected chi connectivity index (χ2v) is 13.0. The molecule has 1 saturated heterocycles. The summed E-state index contributed by atoms with van der Waals surface area (Å²) in [6.07, 6.45) is 1.95. The number of sulfone groups is 1. The minimum Gasteiger partial charge on any atom is -0.489 e. The lowest BCUT2D eigenvalue weighted by Gasteiger charge is -2.26. The van der Waals surface area contributed by atoms with Gasteiger partial charge in [-0.25, -0.2) is 32.0 Å². The second kappa shape index (κ2) is 13.7. The van der Waals surface area contributed by atoms with E-state index in [-0.39, 0.29) is 47.8 Å². The Morgan fingerprint density at radius 2 is 1.72 bits per heavy atom. The number of carbonyl (C=O) groups is 1. The van der Waals surface area contributed by atoms with Crippen molar-refractivity contribution >= 4 is 32.5 Å². The molecule has 6 rings (SSSR count). The molecule has 12 nitrogen and oxygen atoms in total. The van der Waals surface area contributed by atoms with E-state index in [4.69, 9.17) is 18.9 Å². The highest BCUT2D eigenvalue weighted by atomic mass is 32.2. The van der Waals surface area contributed by atoms with Crippen molar-refractivity contribution in [1.29, 1.82) is 0 Å². The van der Waals surface area contributed by atoms with Crippen molar-refractivity contribution in [1.82, 2.24) is 20.2 Å². The summed E-state index contributed by atoms with van der Waals surface area (Å²) in [4.78, 5) is 23.0. The first-order valence-electron chi connectivity index (χ1n) is 14.6. The maximum atomic E-state index is 15.1. The molecule has 4 aromatic rings. The quantitative estimate of drug-likeness (QED) is 0.238. The van der Waals surface area contributed by atoms with Gasteiger partial charge in [-0.05, 0) is 36.2 Å². The van der Waals surface area contributed by atoms with Crippen molar-refractivity contribution in [2.75, 3.05) is 56.3 Å². The number of nitrogens with zero attached hydrogens (tertiary/aromatic N) is 3. The van der Waals surface area contributed by atoms with Crippen LogP contribution >= 0.6 is 0 Å². The van der Waals surface area contributed by atoms with E-state index >= 15 is 4.39 Å². The fourth-order valence-electron chi connectivity index (χ4n) is 5.04. The number of rotatable bonds is 10. The third-order valence-corrected chi connectivity index (χ3v) is 9.03. The molecule has 0 saturated carbocycles. The first kappa shape index (κ1) is 31.2. The summed E-state index contributed by atoms with van der Waals surface area (Å²) < 4.78 is 75.3. The SMILES string of the molecule is O=C(NCc1ccc(F)cc1)Nc1ccc(Oc2ncnc3cc(OCCCN4CCS(=O)(=O)CC4)c4c(c23)OCCO4)c(F)c1. The molecule has 15 heteroatoms. The minimum absolute atomic E-state index is 0.0370. The standard InChI is InChI=1S/C31H31F2N5O7S/c32-21-4-2-20(3-5-21)18-34-31(39)37-22-6-7-25(23(33)16-22)45-30-27-24(35-19-36-30)17-26(28-29(27)44-13-12-43-28)42-11-1-8-38-9-14-46(40,41)15-10-38/h2-7,16-17,19H,1,8-15,18H2,(H2,34,37,39). The van der Waals surface area contributed by atoms with E-state index in [1.807, 2.05) is 0 Å². The van der Waals surface area contributed by atoms with Gasteiger partial charge in [-0.1, -0.05) is 12.1 Å². The number of benzene rings is 3. The Hall–Kier alpha value is -4.76. The summed E-state index contributed by atoms with van der Waals surface area (Å²) in [5.74, 6) is 0.199. The zero-order valence-electron chi connectivity index (χ0n) is 24.6. The van der Waals surface area contributed by atoms with Crippen LogP contribution in [0.1, 0.15) is 12.0 Å². The highest BCUT2D eigenvalue weighted by Crippen LogP contribution is 2.48. The van der Waals surface area contributed by atoms with Crippen LogP contribution in [0, 0.1) is 11.6 Å². The molecule has 2 aliphatic rings. The van der Waals surface area contributed by atoms with Crippen LogP contribution in [-0.4, -0.2) is 80.3 Å². The van der Waals surface area contributed by atoms with Gasteiger partial charge in [0.25, 0.3) is 0 Å². The summed E-state index contributed by atoms with van der Waals surface area (Å²) in [6.45, 7) is 2.79. The molecule has 0 unspecified atom stereocenters. The van der Waals surface area contributed by atoms with Gasteiger partial charge in [0.15, 0.2) is 32.9 Å². The monoisotopic (exact) mass is 655 g/mol. The molecule has 46 heavy (non-hydrogen) atoms. The van der Waals surface area contributed by atoms with Crippen molar-refractivity contribution in [3.63, 3.8) is 0 Å². The summed E-state index contributed by atoms with van der Waals surface area (Å²) in [5.41, 5.74) is 1.32. The van der Waals surface area contributed by atoms with E-state index in [1.165, 1.54) is 30.6 Å². The Morgan fingerprint density at radius 1 is 0.957 bits per heavy atom.